The highest BCUT2D eigenvalue weighted by Gasteiger charge is 2.31. The first-order valence-electron chi connectivity index (χ1n) is 4.79. The van der Waals surface area contributed by atoms with Crippen LogP contribution in [0.1, 0.15) is 5.56 Å². The third-order valence-electron chi connectivity index (χ3n) is 2.68. The van der Waals surface area contributed by atoms with Crippen LogP contribution in [0.2, 0.25) is 0 Å². The number of benzene rings is 1. The highest BCUT2D eigenvalue weighted by atomic mass is 79.9. The van der Waals surface area contributed by atoms with Crippen LogP contribution < -0.4 is 11.5 Å². The van der Waals surface area contributed by atoms with E-state index < -0.39 is 5.54 Å². The van der Waals surface area contributed by atoms with Crippen LogP contribution in [-0.2, 0) is 5.54 Å². The molecule has 0 heterocycles. The van der Waals surface area contributed by atoms with Gasteiger partial charge in [-0.1, -0.05) is 52.4 Å². The number of hydrogen-bond acceptors (Lipinski definition) is 2. The van der Waals surface area contributed by atoms with Gasteiger partial charge in [-0.15, -0.1) is 0 Å². The Kier molecular flexibility index (Phi) is 2.78. The molecule has 0 aromatic heterocycles. The summed E-state index contributed by atoms with van der Waals surface area (Å²) in [7, 11) is 0. The lowest BCUT2D eigenvalue weighted by Gasteiger charge is -2.33. The van der Waals surface area contributed by atoms with Crippen LogP contribution in [0, 0.1) is 0 Å². The zero-order valence-corrected chi connectivity index (χ0v) is 9.81. The second kappa shape index (κ2) is 3.93. The minimum absolute atomic E-state index is 0.184. The molecular weight excluding hydrogens is 252 g/mol. The predicted molar refractivity (Wildman–Crippen MR) is 66.3 cm³/mol. The second-order valence-corrected chi connectivity index (χ2v) is 4.63. The Balaban J connectivity index is 2.45. The maximum Gasteiger partial charge on any atom is 0.0788 e. The molecule has 0 saturated carbocycles. The Bertz CT molecular complexity index is 425. The predicted octanol–water partition coefficient (Wildman–Crippen LogP) is 2.06. The van der Waals surface area contributed by atoms with E-state index in [0.29, 0.717) is 0 Å². The maximum atomic E-state index is 6.31. The van der Waals surface area contributed by atoms with Gasteiger partial charge in [-0.2, -0.15) is 0 Å². The number of nitrogens with two attached hydrogens (primary N) is 2. The van der Waals surface area contributed by atoms with Crippen molar-refractivity contribution in [2.24, 2.45) is 11.5 Å². The van der Waals surface area contributed by atoms with Gasteiger partial charge in [0.05, 0.1) is 5.54 Å². The molecule has 1 aliphatic rings. The maximum absolute atomic E-state index is 6.31. The topological polar surface area (TPSA) is 52.0 Å². The SMILES string of the molecule is NC1C=CC=CC1(N)c1cccc(Br)c1. The van der Waals surface area contributed by atoms with Crippen LogP contribution in [0.4, 0.5) is 0 Å². The first-order chi connectivity index (χ1) is 7.13. The van der Waals surface area contributed by atoms with Crippen LogP contribution in [-0.4, -0.2) is 6.04 Å². The fourth-order valence-electron chi connectivity index (χ4n) is 1.72. The molecule has 0 radical (unpaired) electrons. The molecule has 1 aliphatic carbocycles. The molecule has 0 aliphatic heterocycles. The number of allylic oxidation sites excluding steroid dienone is 2. The smallest absolute Gasteiger partial charge is 0.0788 e. The van der Waals surface area contributed by atoms with Crippen molar-refractivity contribution in [1.29, 1.82) is 0 Å². The zero-order valence-electron chi connectivity index (χ0n) is 8.23. The third kappa shape index (κ3) is 1.91. The molecular formula is C12H13BrN2. The molecule has 78 valence electrons. The molecule has 0 spiro atoms. The fraction of sp³-hybridized carbons (Fsp3) is 0.167. The standard InChI is InChI=1S/C12H13BrN2/c13-10-5-3-4-9(8-10)12(15)7-2-1-6-11(12)14/h1-8,11H,14-15H2. The monoisotopic (exact) mass is 264 g/mol. The molecule has 0 amide bonds. The molecule has 3 heteroatoms. The molecule has 0 fully saturated rings. The van der Waals surface area contributed by atoms with Crippen molar-refractivity contribution in [3.8, 4) is 0 Å². The van der Waals surface area contributed by atoms with Gasteiger partial charge in [0.2, 0.25) is 0 Å². The lowest BCUT2D eigenvalue weighted by atomic mass is 9.81. The summed E-state index contributed by atoms with van der Waals surface area (Å²) < 4.78 is 1.01. The summed E-state index contributed by atoms with van der Waals surface area (Å²) in [5, 5.41) is 0. The highest BCUT2D eigenvalue weighted by Crippen LogP contribution is 2.28. The van der Waals surface area contributed by atoms with Gasteiger partial charge in [0.1, 0.15) is 0 Å². The third-order valence-corrected chi connectivity index (χ3v) is 3.17. The molecule has 2 atom stereocenters. The van der Waals surface area contributed by atoms with E-state index in [-0.39, 0.29) is 6.04 Å². The summed E-state index contributed by atoms with van der Waals surface area (Å²) in [6, 6.07) is 7.75. The average Bonchev–Trinajstić information content (AvgIpc) is 2.23. The minimum atomic E-state index is -0.599. The van der Waals surface area contributed by atoms with Crippen molar-refractivity contribution in [1.82, 2.24) is 0 Å². The van der Waals surface area contributed by atoms with Gasteiger partial charge in [0.15, 0.2) is 0 Å². The number of halogens is 1. The van der Waals surface area contributed by atoms with E-state index in [9.17, 15) is 0 Å². The Morgan fingerprint density at radius 1 is 1.27 bits per heavy atom. The minimum Gasteiger partial charge on any atom is -0.322 e. The van der Waals surface area contributed by atoms with Gasteiger partial charge in [-0.25, -0.2) is 0 Å². The lowest BCUT2D eigenvalue weighted by molar-refractivity contribution is 0.492. The molecule has 2 rings (SSSR count). The van der Waals surface area contributed by atoms with Gasteiger partial charge in [-0.3, -0.25) is 0 Å². The molecule has 2 unspecified atom stereocenters. The Morgan fingerprint density at radius 2 is 2.07 bits per heavy atom. The van der Waals surface area contributed by atoms with Gasteiger partial charge in [0.25, 0.3) is 0 Å². The van der Waals surface area contributed by atoms with Gasteiger partial charge in [0, 0.05) is 10.5 Å². The zero-order chi connectivity index (χ0) is 10.9. The first kappa shape index (κ1) is 10.6. The summed E-state index contributed by atoms with van der Waals surface area (Å²) in [5.41, 5.74) is 12.7. The highest BCUT2D eigenvalue weighted by molar-refractivity contribution is 9.10. The first-order valence-corrected chi connectivity index (χ1v) is 5.59. The summed E-state index contributed by atoms with van der Waals surface area (Å²) in [6.07, 6.45) is 7.72. The van der Waals surface area contributed by atoms with E-state index in [1.807, 2.05) is 48.6 Å². The van der Waals surface area contributed by atoms with Gasteiger partial charge in [-0.05, 0) is 17.7 Å². The largest absolute Gasteiger partial charge is 0.322 e. The molecule has 0 saturated heterocycles. The quantitative estimate of drug-likeness (QED) is 0.816. The second-order valence-electron chi connectivity index (χ2n) is 3.71. The van der Waals surface area contributed by atoms with Crippen LogP contribution >= 0.6 is 15.9 Å². The molecule has 0 bridgehead atoms. The Labute approximate surface area is 97.8 Å². The van der Waals surface area contributed by atoms with Crippen LogP contribution in [0.15, 0.2) is 53.0 Å². The Hall–Kier alpha value is -0.900. The summed E-state index contributed by atoms with van der Waals surface area (Å²) in [6.45, 7) is 0. The van der Waals surface area contributed by atoms with Crippen molar-refractivity contribution >= 4 is 15.9 Å². The van der Waals surface area contributed by atoms with Crippen LogP contribution in [0.5, 0.6) is 0 Å². The summed E-state index contributed by atoms with van der Waals surface area (Å²) in [4.78, 5) is 0. The van der Waals surface area contributed by atoms with Crippen LogP contribution in [0.25, 0.3) is 0 Å². The van der Waals surface area contributed by atoms with Crippen molar-refractivity contribution < 1.29 is 0 Å². The number of hydrogen-bond donors (Lipinski definition) is 2. The van der Waals surface area contributed by atoms with E-state index in [0.717, 1.165) is 10.0 Å². The average molecular weight is 265 g/mol. The molecule has 1 aromatic rings. The summed E-state index contributed by atoms with van der Waals surface area (Å²) in [5.74, 6) is 0. The van der Waals surface area contributed by atoms with E-state index in [2.05, 4.69) is 15.9 Å². The molecule has 15 heavy (non-hydrogen) atoms. The molecule has 4 N–H and O–H groups in total. The van der Waals surface area contributed by atoms with Crippen molar-refractivity contribution in [3.63, 3.8) is 0 Å². The lowest BCUT2D eigenvalue weighted by Crippen LogP contribution is -2.50. The van der Waals surface area contributed by atoms with E-state index in [4.69, 9.17) is 11.5 Å². The Morgan fingerprint density at radius 3 is 2.73 bits per heavy atom. The van der Waals surface area contributed by atoms with Gasteiger partial charge < -0.3 is 11.5 Å². The number of rotatable bonds is 1. The van der Waals surface area contributed by atoms with Crippen LogP contribution in [0.3, 0.4) is 0 Å². The van der Waals surface area contributed by atoms with E-state index in [1.165, 1.54) is 0 Å². The normalized spacial score (nSPS) is 29.4. The van der Waals surface area contributed by atoms with Crippen molar-refractivity contribution in [2.45, 2.75) is 11.6 Å². The van der Waals surface area contributed by atoms with E-state index >= 15 is 0 Å². The molecule has 1 aromatic carbocycles. The van der Waals surface area contributed by atoms with Crippen molar-refractivity contribution in [3.05, 3.63) is 58.6 Å². The molecule has 2 nitrogen and oxygen atoms in total. The van der Waals surface area contributed by atoms with Gasteiger partial charge >= 0.3 is 0 Å². The fourth-order valence-corrected chi connectivity index (χ4v) is 2.11. The summed E-state index contributed by atoms with van der Waals surface area (Å²) >= 11 is 3.43. The van der Waals surface area contributed by atoms with Crippen molar-refractivity contribution in [2.75, 3.05) is 0 Å². The van der Waals surface area contributed by atoms with E-state index in [1.54, 1.807) is 0 Å².